The minimum atomic E-state index is -0.498. The van der Waals surface area contributed by atoms with Gasteiger partial charge in [-0.2, -0.15) is 0 Å². The van der Waals surface area contributed by atoms with Crippen LogP contribution in [0.1, 0.15) is 12.8 Å². The maximum atomic E-state index is 12.5. The number of nitrogens with one attached hydrogen (secondary N) is 2. The Bertz CT molecular complexity index is 1080. The standard InChI is InChI=1S/C22H26N6O4/c1-32-20-15-16(28(30)31)7-8-19(20)23-21(29)9-12-26-10-4-11-27(14-13-26)22-24-17-5-2-3-6-18(17)25-22/h2-3,5-8,15H,4,9-14H2,1H3,(H,23,29)(H,24,25). The van der Waals surface area contributed by atoms with Crippen molar-refractivity contribution in [2.75, 3.05) is 50.1 Å². The summed E-state index contributed by atoms with van der Waals surface area (Å²) in [7, 11) is 1.42. The molecule has 0 radical (unpaired) electrons. The number of carbonyl (C=O) groups is 1. The molecular weight excluding hydrogens is 412 g/mol. The van der Waals surface area contributed by atoms with Crippen molar-refractivity contribution in [3.05, 3.63) is 52.6 Å². The van der Waals surface area contributed by atoms with Gasteiger partial charge in [0.1, 0.15) is 5.75 Å². The quantitative estimate of drug-likeness (QED) is 0.430. The number of methoxy groups -OCH3 is 1. The van der Waals surface area contributed by atoms with Gasteiger partial charge in [-0.3, -0.25) is 14.9 Å². The lowest BCUT2D eigenvalue weighted by atomic mass is 10.2. The van der Waals surface area contributed by atoms with E-state index in [-0.39, 0.29) is 17.3 Å². The van der Waals surface area contributed by atoms with Gasteiger partial charge in [0, 0.05) is 38.7 Å². The Labute approximate surface area is 185 Å². The first-order valence-corrected chi connectivity index (χ1v) is 10.6. The maximum Gasteiger partial charge on any atom is 0.273 e. The molecule has 0 saturated carbocycles. The first-order chi connectivity index (χ1) is 15.5. The lowest BCUT2D eigenvalue weighted by Gasteiger charge is -2.21. The summed E-state index contributed by atoms with van der Waals surface area (Å²) in [5.41, 5.74) is 2.33. The largest absolute Gasteiger partial charge is 0.494 e. The van der Waals surface area contributed by atoms with Gasteiger partial charge < -0.3 is 24.8 Å². The fourth-order valence-electron chi connectivity index (χ4n) is 3.86. The van der Waals surface area contributed by atoms with Gasteiger partial charge in [0.25, 0.3) is 5.69 Å². The molecule has 1 amide bonds. The van der Waals surface area contributed by atoms with Crippen molar-refractivity contribution >= 4 is 34.3 Å². The average molecular weight is 438 g/mol. The Morgan fingerprint density at radius 3 is 2.84 bits per heavy atom. The number of nitro benzene ring substituents is 1. The van der Waals surface area contributed by atoms with Crippen LogP contribution in [0.4, 0.5) is 17.3 Å². The first-order valence-electron chi connectivity index (χ1n) is 10.6. The Hall–Kier alpha value is -3.66. The predicted octanol–water partition coefficient (Wildman–Crippen LogP) is 3.02. The number of fused-ring (bicyclic) bond motifs is 1. The van der Waals surface area contributed by atoms with Crippen LogP contribution in [0.25, 0.3) is 11.0 Å². The van der Waals surface area contributed by atoms with Crippen LogP contribution in [-0.4, -0.2) is 65.5 Å². The van der Waals surface area contributed by atoms with E-state index in [0.29, 0.717) is 18.7 Å². The maximum absolute atomic E-state index is 12.5. The highest BCUT2D eigenvalue weighted by Gasteiger charge is 2.19. The number of rotatable bonds is 7. The number of non-ortho nitro benzene ring substituents is 1. The Morgan fingerprint density at radius 1 is 1.22 bits per heavy atom. The molecule has 0 atom stereocenters. The molecule has 0 bridgehead atoms. The number of H-pyrrole nitrogens is 1. The summed E-state index contributed by atoms with van der Waals surface area (Å²) in [5, 5.41) is 13.7. The molecule has 1 aliphatic rings. The topological polar surface area (TPSA) is 117 Å². The fourth-order valence-corrected chi connectivity index (χ4v) is 3.86. The van der Waals surface area contributed by atoms with Crippen molar-refractivity contribution in [3.8, 4) is 5.75 Å². The normalized spacial score (nSPS) is 14.8. The van der Waals surface area contributed by atoms with E-state index in [4.69, 9.17) is 9.72 Å². The van der Waals surface area contributed by atoms with E-state index in [2.05, 4.69) is 20.1 Å². The van der Waals surface area contributed by atoms with Gasteiger partial charge in [-0.25, -0.2) is 4.98 Å². The zero-order chi connectivity index (χ0) is 22.5. The molecule has 2 aromatic carbocycles. The van der Waals surface area contributed by atoms with E-state index in [0.717, 1.165) is 49.6 Å². The zero-order valence-electron chi connectivity index (χ0n) is 17.9. The van der Waals surface area contributed by atoms with Crippen LogP contribution in [0.2, 0.25) is 0 Å². The van der Waals surface area contributed by atoms with E-state index in [1.54, 1.807) is 0 Å². The minimum absolute atomic E-state index is 0.0848. The van der Waals surface area contributed by atoms with E-state index in [1.807, 2.05) is 24.3 Å². The van der Waals surface area contributed by atoms with Crippen molar-refractivity contribution in [2.45, 2.75) is 12.8 Å². The summed E-state index contributed by atoms with van der Waals surface area (Å²) in [5.74, 6) is 0.996. The van der Waals surface area contributed by atoms with Gasteiger partial charge in [0.15, 0.2) is 0 Å². The molecule has 0 spiro atoms. The number of aromatic nitrogens is 2. The van der Waals surface area contributed by atoms with Crippen molar-refractivity contribution in [3.63, 3.8) is 0 Å². The monoisotopic (exact) mass is 438 g/mol. The Morgan fingerprint density at radius 2 is 2.06 bits per heavy atom. The van der Waals surface area contributed by atoms with Crippen LogP contribution >= 0.6 is 0 Å². The van der Waals surface area contributed by atoms with Crippen LogP contribution < -0.4 is 15.0 Å². The molecule has 3 aromatic rings. The highest BCUT2D eigenvalue weighted by molar-refractivity contribution is 5.92. The van der Waals surface area contributed by atoms with E-state index >= 15 is 0 Å². The van der Waals surface area contributed by atoms with Gasteiger partial charge >= 0.3 is 0 Å². The third-order valence-electron chi connectivity index (χ3n) is 5.59. The number of nitrogens with zero attached hydrogens (tertiary/aromatic N) is 4. The molecule has 1 saturated heterocycles. The second kappa shape index (κ2) is 9.65. The summed E-state index contributed by atoms with van der Waals surface area (Å²) >= 11 is 0. The number of nitro groups is 1. The summed E-state index contributed by atoms with van der Waals surface area (Å²) < 4.78 is 5.18. The lowest BCUT2D eigenvalue weighted by Crippen LogP contribution is -2.33. The Kier molecular flexibility index (Phi) is 6.50. The zero-order valence-corrected chi connectivity index (χ0v) is 17.9. The lowest BCUT2D eigenvalue weighted by molar-refractivity contribution is -0.384. The molecule has 168 valence electrons. The predicted molar refractivity (Wildman–Crippen MR) is 122 cm³/mol. The first kappa shape index (κ1) is 21.6. The second-order valence-electron chi connectivity index (χ2n) is 7.70. The molecule has 1 aliphatic heterocycles. The van der Waals surface area contributed by atoms with Crippen LogP contribution in [0.15, 0.2) is 42.5 Å². The summed E-state index contributed by atoms with van der Waals surface area (Å²) in [6, 6.07) is 12.1. The summed E-state index contributed by atoms with van der Waals surface area (Å²) in [4.78, 5) is 35.5. The van der Waals surface area contributed by atoms with Gasteiger partial charge in [-0.05, 0) is 31.2 Å². The summed E-state index contributed by atoms with van der Waals surface area (Å²) in [6.07, 6.45) is 1.31. The number of para-hydroxylation sites is 2. The molecular formula is C22H26N6O4. The Balaban J connectivity index is 1.30. The molecule has 2 N–H and O–H groups in total. The van der Waals surface area contributed by atoms with Gasteiger partial charge in [-0.1, -0.05) is 12.1 Å². The molecule has 10 heteroatoms. The number of hydrogen-bond donors (Lipinski definition) is 2. The highest BCUT2D eigenvalue weighted by atomic mass is 16.6. The number of ether oxygens (including phenoxy) is 1. The molecule has 2 heterocycles. The molecule has 10 nitrogen and oxygen atoms in total. The van der Waals surface area contributed by atoms with Crippen LogP contribution in [0.3, 0.4) is 0 Å². The van der Waals surface area contributed by atoms with Crippen LogP contribution in [0.5, 0.6) is 5.75 Å². The van der Waals surface area contributed by atoms with E-state index in [9.17, 15) is 14.9 Å². The smallest absolute Gasteiger partial charge is 0.273 e. The number of anilines is 2. The minimum Gasteiger partial charge on any atom is -0.494 e. The number of carbonyl (C=O) groups excluding carboxylic acids is 1. The molecule has 4 rings (SSSR count). The third-order valence-corrected chi connectivity index (χ3v) is 5.59. The molecule has 0 aliphatic carbocycles. The van der Waals surface area contributed by atoms with Crippen molar-refractivity contribution in [1.29, 1.82) is 0 Å². The number of amides is 1. The molecule has 32 heavy (non-hydrogen) atoms. The SMILES string of the molecule is COc1cc([N+](=O)[O-])ccc1NC(=O)CCN1CCCN(c2nc3ccccc3[nH]2)CC1. The molecule has 1 aromatic heterocycles. The van der Waals surface area contributed by atoms with Crippen LogP contribution in [0, 0.1) is 10.1 Å². The number of benzene rings is 2. The van der Waals surface area contributed by atoms with Gasteiger partial charge in [0.05, 0.1) is 34.8 Å². The number of imidazole rings is 1. The van der Waals surface area contributed by atoms with E-state index in [1.165, 1.54) is 25.3 Å². The third kappa shape index (κ3) is 4.97. The van der Waals surface area contributed by atoms with Crippen molar-refractivity contribution in [1.82, 2.24) is 14.9 Å². The van der Waals surface area contributed by atoms with E-state index < -0.39 is 4.92 Å². The number of aromatic amines is 1. The average Bonchev–Trinajstić information content (AvgIpc) is 3.08. The molecule has 0 unspecified atom stereocenters. The number of hydrogen-bond acceptors (Lipinski definition) is 7. The van der Waals surface area contributed by atoms with Crippen LogP contribution in [-0.2, 0) is 4.79 Å². The van der Waals surface area contributed by atoms with Crippen molar-refractivity contribution in [2.24, 2.45) is 0 Å². The fraction of sp³-hybridized carbons (Fsp3) is 0.364. The van der Waals surface area contributed by atoms with Crippen molar-refractivity contribution < 1.29 is 14.5 Å². The highest BCUT2D eigenvalue weighted by Crippen LogP contribution is 2.29. The van der Waals surface area contributed by atoms with Gasteiger partial charge in [0.2, 0.25) is 11.9 Å². The second-order valence-corrected chi connectivity index (χ2v) is 7.70. The van der Waals surface area contributed by atoms with Gasteiger partial charge in [-0.15, -0.1) is 0 Å². The molecule has 1 fully saturated rings. The summed E-state index contributed by atoms with van der Waals surface area (Å²) in [6.45, 7) is 4.12.